The average molecular weight is 297 g/mol. The lowest BCUT2D eigenvalue weighted by atomic mass is 9.98. The van der Waals surface area contributed by atoms with Crippen LogP contribution >= 0.6 is 11.8 Å². The predicted molar refractivity (Wildman–Crippen MR) is 79.5 cm³/mol. The van der Waals surface area contributed by atoms with E-state index in [2.05, 4.69) is 18.8 Å². The van der Waals surface area contributed by atoms with Gasteiger partial charge in [0.05, 0.1) is 24.3 Å². The van der Waals surface area contributed by atoms with Crippen molar-refractivity contribution in [3.63, 3.8) is 0 Å². The number of imidazole rings is 1. The van der Waals surface area contributed by atoms with Crippen molar-refractivity contribution in [1.29, 1.82) is 0 Å². The summed E-state index contributed by atoms with van der Waals surface area (Å²) in [7, 11) is 1.86. The van der Waals surface area contributed by atoms with E-state index in [0.29, 0.717) is 17.8 Å². The maximum Gasteiger partial charge on any atom is 0.233 e. The minimum absolute atomic E-state index is 0.0296. The first kappa shape index (κ1) is 15.4. The lowest BCUT2D eigenvalue weighted by Crippen LogP contribution is -2.48. The van der Waals surface area contributed by atoms with Gasteiger partial charge in [0.15, 0.2) is 5.16 Å². The largest absolute Gasteiger partial charge is 0.390 e. The van der Waals surface area contributed by atoms with Gasteiger partial charge in [0, 0.05) is 19.1 Å². The first-order valence-electron chi connectivity index (χ1n) is 7.10. The van der Waals surface area contributed by atoms with Crippen LogP contribution in [0.3, 0.4) is 0 Å². The second-order valence-corrected chi connectivity index (χ2v) is 6.41. The van der Waals surface area contributed by atoms with E-state index in [0.717, 1.165) is 23.7 Å². The highest BCUT2D eigenvalue weighted by Crippen LogP contribution is 2.25. The molecule has 0 aliphatic carbocycles. The van der Waals surface area contributed by atoms with Crippen molar-refractivity contribution in [2.24, 2.45) is 7.05 Å². The van der Waals surface area contributed by atoms with Gasteiger partial charge in [-0.25, -0.2) is 4.98 Å². The van der Waals surface area contributed by atoms with E-state index >= 15 is 0 Å². The summed E-state index contributed by atoms with van der Waals surface area (Å²) in [4.78, 5) is 18.7. The second kappa shape index (κ2) is 6.63. The lowest BCUT2D eigenvalue weighted by Gasteiger charge is -2.39. The van der Waals surface area contributed by atoms with Gasteiger partial charge in [-0.2, -0.15) is 0 Å². The molecule has 2 heterocycles. The molecule has 1 aromatic rings. The van der Waals surface area contributed by atoms with Gasteiger partial charge >= 0.3 is 0 Å². The van der Waals surface area contributed by atoms with Crippen LogP contribution in [0, 0.1) is 0 Å². The minimum atomic E-state index is -0.0296. The lowest BCUT2D eigenvalue weighted by molar-refractivity contribution is -0.134. The number of aromatic nitrogens is 2. The number of thioether (sulfide) groups is 1. The normalized spacial score (nSPS) is 23.1. The van der Waals surface area contributed by atoms with Crippen LogP contribution < -0.4 is 0 Å². The highest BCUT2D eigenvalue weighted by molar-refractivity contribution is 7.99. The Hall–Kier alpha value is -1.01. The molecule has 1 fully saturated rings. The quantitative estimate of drug-likeness (QED) is 0.861. The zero-order valence-corrected chi connectivity index (χ0v) is 13.2. The number of likely N-dealkylation sites (tertiary alicyclic amines) is 1. The zero-order valence-electron chi connectivity index (χ0n) is 12.4. The highest BCUT2D eigenvalue weighted by Gasteiger charge is 2.28. The van der Waals surface area contributed by atoms with Crippen LogP contribution in [-0.2, 0) is 18.4 Å². The minimum Gasteiger partial charge on any atom is -0.390 e. The summed E-state index contributed by atoms with van der Waals surface area (Å²) in [6.45, 7) is 4.23. The summed E-state index contributed by atoms with van der Waals surface area (Å²) in [6, 6.07) is 0.669. The Morgan fingerprint density at radius 2 is 2.10 bits per heavy atom. The molecule has 6 heteroatoms. The summed E-state index contributed by atoms with van der Waals surface area (Å²) in [5, 5.41) is 9.91. The molecule has 0 saturated carbocycles. The van der Waals surface area contributed by atoms with Crippen LogP contribution in [0.15, 0.2) is 11.4 Å². The number of aliphatic hydroxyl groups excluding tert-OH is 1. The summed E-state index contributed by atoms with van der Waals surface area (Å²) in [5.74, 6) is 0.591. The van der Waals surface area contributed by atoms with E-state index in [1.165, 1.54) is 18.2 Å². The third kappa shape index (κ3) is 3.17. The molecular weight excluding hydrogens is 274 g/mol. The Bertz CT molecular complexity index is 465. The predicted octanol–water partition coefficient (Wildman–Crippen LogP) is 1.79. The number of nitrogens with zero attached hydrogens (tertiary/aromatic N) is 3. The molecule has 1 N–H and O–H groups in total. The molecule has 1 aromatic heterocycles. The van der Waals surface area contributed by atoms with E-state index in [1.54, 1.807) is 6.20 Å². The van der Waals surface area contributed by atoms with Gasteiger partial charge in [0.2, 0.25) is 5.91 Å². The van der Waals surface area contributed by atoms with E-state index in [1.807, 2.05) is 16.5 Å². The van der Waals surface area contributed by atoms with Crippen LogP contribution in [0.5, 0.6) is 0 Å². The van der Waals surface area contributed by atoms with Crippen LogP contribution in [0.2, 0.25) is 0 Å². The molecular formula is C14H23N3O2S. The first-order valence-corrected chi connectivity index (χ1v) is 8.08. The monoisotopic (exact) mass is 297 g/mol. The van der Waals surface area contributed by atoms with Crippen LogP contribution in [-0.4, -0.2) is 43.3 Å². The standard InChI is InChI=1S/C14H23N3O2S/c1-10-5-4-6-11(2)17(10)13(19)9-20-14-15-7-12(8-18)16(14)3/h7,10-11,18H,4-6,8-9H2,1-3H3. The molecule has 2 unspecified atom stereocenters. The van der Waals surface area contributed by atoms with Crippen LogP contribution in [0.1, 0.15) is 38.8 Å². The second-order valence-electron chi connectivity index (χ2n) is 5.47. The molecule has 5 nitrogen and oxygen atoms in total. The maximum atomic E-state index is 12.4. The molecule has 2 atom stereocenters. The molecule has 1 saturated heterocycles. The molecule has 112 valence electrons. The fraction of sp³-hybridized carbons (Fsp3) is 0.714. The average Bonchev–Trinajstić information content (AvgIpc) is 2.76. The van der Waals surface area contributed by atoms with E-state index in [-0.39, 0.29) is 12.5 Å². The molecule has 2 rings (SSSR count). The van der Waals surface area contributed by atoms with Crippen molar-refractivity contribution < 1.29 is 9.90 Å². The molecule has 1 amide bonds. The molecule has 0 spiro atoms. The van der Waals surface area contributed by atoms with E-state index in [4.69, 9.17) is 5.11 Å². The van der Waals surface area contributed by atoms with E-state index in [9.17, 15) is 4.79 Å². The van der Waals surface area contributed by atoms with Gasteiger partial charge in [-0.05, 0) is 33.1 Å². The molecule has 0 radical (unpaired) electrons. The molecule has 1 aliphatic rings. The first-order chi connectivity index (χ1) is 9.54. The van der Waals surface area contributed by atoms with Crippen molar-refractivity contribution in [2.75, 3.05) is 5.75 Å². The molecule has 0 bridgehead atoms. The Labute approximate surface area is 124 Å². The van der Waals surface area contributed by atoms with Crippen molar-refractivity contribution in [3.05, 3.63) is 11.9 Å². The molecule has 1 aliphatic heterocycles. The third-order valence-electron chi connectivity index (χ3n) is 4.01. The third-order valence-corrected chi connectivity index (χ3v) is 5.04. The zero-order chi connectivity index (χ0) is 14.7. The maximum absolute atomic E-state index is 12.4. The van der Waals surface area contributed by atoms with E-state index < -0.39 is 0 Å². The van der Waals surface area contributed by atoms with Gasteiger partial charge in [-0.1, -0.05) is 11.8 Å². The van der Waals surface area contributed by atoms with Crippen molar-refractivity contribution >= 4 is 17.7 Å². The highest BCUT2D eigenvalue weighted by atomic mass is 32.2. The Morgan fingerprint density at radius 1 is 1.45 bits per heavy atom. The number of hydrogen-bond donors (Lipinski definition) is 1. The fourth-order valence-electron chi connectivity index (χ4n) is 2.82. The number of aliphatic hydroxyl groups is 1. The molecule has 0 aromatic carbocycles. The van der Waals surface area contributed by atoms with Crippen molar-refractivity contribution in [3.8, 4) is 0 Å². The van der Waals surface area contributed by atoms with Gasteiger partial charge in [0.1, 0.15) is 0 Å². The van der Waals surface area contributed by atoms with Crippen LogP contribution in [0.4, 0.5) is 0 Å². The number of carbonyl (C=O) groups excluding carboxylic acids is 1. The number of piperidine rings is 1. The van der Waals surface area contributed by atoms with Gasteiger partial charge in [-0.3, -0.25) is 4.79 Å². The Kier molecular flexibility index (Phi) is 5.10. The smallest absolute Gasteiger partial charge is 0.233 e. The summed E-state index contributed by atoms with van der Waals surface area (Å²) in [6.07, 6.45) is 5.05. The molecule has 20 heavy (non-hydrogen) atoms. The summed E-state index contributed by atoms with van der Waals surface area (Å²) >= 11 is 1.44. The van der Waals surface area contributed by atoms with Crippen molar-refractivity contribution in [1.82, 2.24) is 14.5 Å². The fourth-order valence-corrected chi connectivity index (χ4v) is 3.66. The number of amides is 1. The van der Waals surface area contributed by atoms with Crippen LogP contribution in [0.25, 0.3) is 0 Å². The SMILES string of the molecule is CC1CCCC(C)N1C(=O)CSc1ncc(CO)n1C. The van der Waals surface area contributed by atoms with Gasteiger partial charge in [-0.15, -0.1) is 0 Å². The number of carbonyl (C=O) groups is 1. The Balaban J connectivity index is 1.95. The van der Waals surface area contributed by atoms with Gasteiger partial charge in [0.25, 0.3) is 0 Å². The number of hydrogen-bond acceptors (Lipinski definition) is 4. The number of rotatable bonds is 4. The summed E-state index contributed by atoms with van der Waals surface area (Å²) < 4.78 is 1.83. The van der Waals surface area contributed by atoms with Crippen molar-refractivity contribution in [2.45, 2.75) is 57.0 Å². The Morgan fingerprint density at radius 3 is 2.65 bits per heavy atom. The topological polar surface area (TPSA) is 58.4 Å². The van der Waals surface area contributed by atoms with Gasteiger partial charge < -0.3 is 14.6 Å². The summed E-state index contributed by atoms with van der Waals surface area (Å²) in [5.41, 5.74) is 0.764.